The summed E-state index contributed by atoms with van der Waals surface area (Å²) in [5, 5.41) is 3.29. The quantitative estimate of drug-likeness (QED) is 0.832. The second-order valence-corrected chi connectivity index (χ2v) is 7.39. The smallest absolute Gasteiger partial charge is 0.273 e. The fraction of sp³-hybridized carbons (Fsp3) is 0.500. The monoisotopic (exact) mass is 380 g/mol. The van der Waals surface area contributed by atoms with Gasteiger partial charge >= 0.3 is 0 Å². The molecule has 1 atom stereocenters. The van der Waals surface area contributed by atoms with Crippen molar-refractivity contribution in [1.29, 1.82) is 0 Å². The molecule has 1 aliphatic heterocycles. The number of nitrogens with one attached hydrogen (secondary N) is 1. The van der Waals surface area contributed by atoms with Crippen molar-refractivity contribution in [3.63, 3.8) is 0 Å². The molecular formula is C18H25ClN4O3. The molecule has 1 fully saturated rings. The van der Waals surface area contributed by atoms with E-state index in [0.29, 0.717) is 23.9 Å². The Hall–Kier alpha value is -2.12. The van der Waals surface area contributed by atoms with E-state index in [1.807, 2.05) is 0 Å². The molecule has 1 unspecified atom stereocenters. The highest BCUT2D eigenvalue weighted by atomic mass is 35.5. The first kappa shape index (κ1) is 20.2. The molecule has 0 radical (unpaired) electrons. The second kappa shape index (κ2) is 7.63. The number of aryl methyl sites for hydroxylation is 1. The minimum absolute atomic E-state index is 0. The molecule has 1 amide bonds. The molecule has 1 aliphatic rings. The normalized spacial score (nSPS) is 19.2. The summed E-state index contributed by atoms with van der Waals surface area (Å²) in [5.74, 6) is -0.0270. The predicted octanol–water partition coefficient (Wildman–Crippen LogP) is 1.09. The SMILES string of the molecule is CC1(C)CN(C(=O)CCn2[nH]c(=O)c3ccccc3c2=O)CCC1N.Cl. The number of fused-ring (bicyclic) bond motifs is 1. The van der Waals surface area contributed by atoms with Crippen molar-refractivity contribution in [1.82, 2.24) is 14.7 Å². The number of piperidine rings is 1. The van der Waals surface area contributed by atoms with Gasteiger partial charge in [0, 0.05) is 25.6 Å². The first-order chi connectivity index (χ1) is 11.8. The molecule has 8 heteroatoms. The third kappa shape index (κ3) is 3.83. The Balaban J connectivity index is 0.00000243. The van der Waals surface area contributed by atoms with Crippen molar-refractivity contribution in [2.75, 3.05) is 13.1 Å². The number of nitrogens with zero attached hydrogens (tertiary/aromatic N) is 2. The fourth-order valence-corrected chi connectivity index (χ4v) is 3.36. The lowest BCUT2D eigenvalue weighted by Crippen LogP contribution is -2.54. The zero-order valence-corrected chi connectivity index (χ0v) is 15.8. The van der Waals surface area contributed by atoms with Crippen LogP contribution in [-0.2, 0) is 11.3 Å². The molecule has 0 saturated carbocycles. The van der Waals surface area contributed by atoms with E-state index in [-0.39, 0.29) is 53.9 Å². The number of aromatic nitrogens is 2. The van der Waals surface area contributed by atoms with Gasteiger partial charge in [-0.05, 0) is 24.0 Å². The van der Waals surface area contributed by atoms with Gasteiger partial charge in [-0.15, -0.1) is 12.4 Å². The molecule has 1 aromatic heterocycles. The number of aromatic amines is 1. The Morgan fingerprint density at radius 1 is 1.27 bits per heavy atom. The molecule has 1 saturated heterocycles. The van der Waals surface area contributed by atoms with E-state index in [2.05, 4.69) is 18.9 Å². The van der Waals surface area contributed by atoms with Gasteiger partial charge in [0.2, 0.25) is 5.91 Å². The van der Waals surface area contributed by atoms with Gasteiger partial charge in [-0.2, -0.15) is 0 Å². The van der Waals surface area contributed by atoms with Crippen LogP contribution >= 0.6 is 12.4 Å². The van der Waals surface area contributed by atoms with Gasteiger partial charge in [0.05, 0.1) is 17.3 Å². The summed E-state index contributed by atoms with van der Waals surface area (Å²) in [7, 11) is 0. The maximum Gasteiger partial charge on any atom is 0.273 e. The van der Waals surface area contributed by atoms with Crippen LogP contribution in [0.15, 0.2) is 33.9 Å². The van der Waals surface area contributed by atoms with Crippen LogP contribution in [-0.4, -0.2) is 39.7 Å². The third-order valence-corrected chi connectivity index (χ3v) is 5.10. The van der Waals surface area contributed by atoms with Crippen LogP contribution < -0.4 is 16.9 Å². The van der Waals surface area contributed by atoms with E-state index in [0.717, 1.165) is 6.42 Å². The summed E-state index contributed by atoms with van der Waals surface area (Å²) >= 11 is 0. The number of likely N-dealkylation sites (tertiary alicyclic amines) is 1. The van der Waals surface area contributed by atoms with E-state index >= 15 is 0 Å². The van der Waals surface area contributed by atoms with Crippen LogP contribution in [0.3, 0.4) is 0 Å². The lowest BCUT2D eigenvalue weighted by Gasteiger charge is -2.42. The third-order valence-electron chi connectivity index (χ3n) is 5.10. The van der Waals surface area contributed by atoms with Crippen LogP contribution in [0, 0.1) is 5.41 Å². The fourth-order valence-electron chi connectivity index (χ4n) is 3.36. The molecule has 1 aromatic carbocycles. The van der Waals surface area contributed by atoms with Gasteiger partial charge in [0.25, 0.3) is 11.1 Å². The average Bonchev–Trinajstić information content (AvgIpc) is 2.59. The largest absolute Gasteiger partial charge is 0.342 e. The van der Waals surface area contributed by atoms with Gasteiger partial charge in [-0.3, -0.25) is 19.5 Å². The minimum Gasteiger partial charge on any atom is -0.342 e. The lowest BCUT2D eigenvalue weighted by molar-refractivity contribution is -0.134. The van der Waals surface area contributed by atoms with Crippen molar-refractivity contribution in [2.45, 2.75) is 39.3 Å². The van der Waals surface area contributed by atoms with Crippen LogP contribution in [0.2, 0.25) is 0 Å². The number of H-pyrrole nitrogens is 1. The number of carbonyl (C=O) groups is 1. The van der Waals surface area contributed by atoms with Crippen LogP contribution in [0.5, 0.6) is 0 Å². The minimum atomic E-state index is -0.326. The number of hydrogen-bond acceptors (Lipinski definition) is 4. The number of amides is 1. The highest BCUT2D eigenvalue weighted by Gasteiger charge is 2.35. The molecule has 3 rings (SSSR count). The molecule has 3 N–H and O–H groups in total. The molecule has 0 bridgehead atoms. The van der Waals surface area contributed by atoms with Gasteiger partial charge in [-0.25, -0.2) is 4.68 Å². The number of hydrogen-bond donors (Lipinski definition) is 2. The van der Waals surface area contributed by atoms with Crippen molar-refractivity contribution < 1.29 is 4.79 Å². The van der Waals surface area contributed by atoms with Crippen molar-refractivity contribution in [3.05, 3.63) is 45.0 Å². The van der Waals surface area contributed by atoms with Crippen LogP contribution in [0.4, 0.5) is 0 Å². The number of rotatable bonds is 3. The second-order valence-electron chi connectivity index (χ2n) is 7.39. The Labute approximate surface area is 157 Å². The van der Waals surface area contributed by atoms with E-state index in [1.54, 1.807) is 29.2 Å². The number of benzene rings is 1. The molecule has 0 spiro atoms. The molecule has 2 heterocycles. The maximum atomic E-state index is 12.5. The van der Waals surface area contributed by atoms with Crippen molar-refractivity contribution in [3.8, 4) is 0 Å². The van der Waals surface area contributed by atoms with Crippen molar-refractivity contribution in [2.24, 2.45) is 11.1 Å². The van der Waals surface area contributed by atoms with Crippen molar-refractivity contribution >= 4 is 29.1 Å². The summed E-state index contributed by atoms with van der Waals surface area (Å²) in [4.78, 5) is 38.9. The average molecular weight is 381 g/mol. The highest BCUT2D eigenvalue weighted by Crippen LogP contribution is 2.27. The maximum absolute atomic E-state index is 12.5. The highest BCUT2D eigenvalue weighted by molar-refractivity contribution is 5.85. The number of halogens is 1. The molecule has 7 nitrogen and oxygen atoms in total. The first-order valence-corrected chi connectivity index (χ1v) is 8.55. The summed E-state index contributed by atoms with van der Waals surface area (Å²) in [6, 6.07) is 6.76. The van der Waals surface area contributed by atoms with E-state index in [4.69, 9.17) is 5.73 Å². The number of nitrogens with two attached hydrogens (primary N) is 1. The van der Waals surface area contributed by atoms with E-state index < -0.39 is 0 Å². The summed E-state index contributed by atoms with van der Waals surface area (Å²) in [6.07, 6.45) is 0.936. The molecule has 26 heavy (non-hydrogen) atoms. The summed E-state index contributed by atoms with van der Waals surface area (Å²) in [5.41, 5.74) is 5.37. The van der Waals surface area contributed by atoms with Crippen LogP contribution in [0.1, 0.15) is 26.7 Å². The molecular weight excluding hydrogens is 356 g/mol. The number of carbonyl (C=O) groups excluding carboxylic acids is 1. The molecule has 142 valence electrons. The summed E-state index contributed by atoms with van der Waals surface area (Å²) in [6.45, 7) is 5.51. The van der Waals surface area contributed by atoms with Crippen LogP contribution in [0.25, 0.3) is 10.8 Å². The van der Waals surface area contributed by atoms with E-state index in [9.17, 15) is 14.4 Å². The van der Waals surface area contributed by atoms with Gasteiger partial charge in [0.1, 0.15) is 0 Å². The molecule has 2 aromatic rings. The summed E-state index contributed by atoms with van der Waals surface area (Å²) < 4.78 is 1.23. The Morgan fingerprint density at radius 2 is 1.92 bits per heavy atom. The van der Waals surface area contributed by atoms with E-state index in [1.165, 1.54) is 4.68 Å². The Bertz CT molecular complexity index is 919. The first-order valence-electron chi connectivity index (χ1n) is 8.55. The Morgan fingerprint density at radius 3 is 2.58 bits per heavy atom. The topological polar surface area (TPSA) is 101 Å². The molecule has 0 aliphatic carbocycles. The zero-order chi connectivity index (χ0) is 18.2. The predicted molar refractivity (Wildman–Crippen MR) is 104 cm³/mol. The van der Waals surface area contributed by atoms with Gasteiger partial charge in [-0.1, -0.05) is 26.0 Å². The Kier molecular flexibility index (Phi) is 5.93. The zero-order valence-electron chi connectivity index (χ0n) is 15.0. The lowest BCUT2D eigenvalue weighted by atomic mass is 9.79. The standard InChI is InChI=1S/C18H24N4O3.ClH/c1-18(2)11-21(9-7-14(18)19)15(23)8-10-22-17(25)13-6-4-3-5-12(13)16(24)20-22;/h3-6,14H,7-11,19H2,1-2H3,(H,20,24);1H. The van der Waals surface area contributed by atoms with Gasteiger partial charge < -0.3 is 10.6 Å². The van der Waals surface area contributed by atoms with Gasteiger partial charge in [0.15, 0.2) is 0 Å².